The topological polar surface area (TPSA) is 75.5 Å². The second-order valence-electron chi connectivity index (χ2n) is 6.69. The highest BCUT2D eigenvalue weighted by Crippen LogP contribution is 2.29. The number of carbonyl (C=O) groups is 1. The second kappa shape index (κ2) is 6.66. The van der Waals surface area contributed by atoms with Gasteiger partial charge in [0.1, 0.15) is 0 Å². The first-order chi connectivity index (χ1) is 11.0. The van der Waals surface area contributed by atoms with Crippen LogP contribution in [0.25, 0.3) is 0 Å². The summed E-state index contributed by atoms with van der Waals surface area (Å²) in [6.45, 7) is 0. The molecule has 2 atom stereocenters. The Bertz CT molecular complexity index is 593. The molecule has 2 fully saturated rings. The summed E-state index contributed by atoms with van der Waals surface area (Å²) >= 11 is 0. The van der Waals surface area contributed by atoms with E-state index in [2.05, 4.69) is 5.32 Å². The zero-order valence-electron chi connectivity index (χ0n) is 13.4. The van der Waals surface area contributed by atoms with Crippen LogP contribution in [-0.2, 0) is 11.2 Å². The Kier molecular flexibility index (Phi) is 4.61. The van der Waals surface area contributed by atoms with Crippen molar-refractivity contribution >= 4 is 11.6 Å². The number of nitrogens with zero attached hydrogens (tertiary/aromatic N) is 2. The van der Waals surface area contributed by atoms with Crippen molar-refractivity contribution in [1.82, 2.24) is 10.2 Å². The molecule has 23 heavy (non-hydrogen) atoms. The molecule has 6 nitrogen and oxygen atoms in total. The highest BCUT2D eigenvalue weighted by atomic mass is 16.6. The molecule has 2 aliphatic heterocycles. The summed E-state index contributed by atoms with van der Waals surface area (Å²) in [5.74, 6) is 0.128. The third-order valence-electron chi connectivity index (χ3n) is 5.14. The number of fused-ring (bicyclic) bond motifs is 2. The fraction of sp³-hybridized carbons (Fsp3) is 0.588. The lowest BCUT2D eigenvalue weighted by Gasteiger charge is -2.35. The average Bonchev–Trinajstić information content (AvgIpc) is 2.90. The van der Waals surface area contributed by atoms with Crippen molar-refractivity contribution in [3.63, 3.8) is 0 Å². The minimum atomic E-state index is -0.401. The SMILES string of the molecule is CN(C(=O)CCc1cccc([N+](=O)[O-])c1)C1CC2CCC(C1)N2. The summed E-state index contributed by atoms with van der Waals surface area (Å²) in [4.78, 5) is 24.7. The molecule has 6 heteroatoms. The number of benzene rings is 1. The molecule has 2 aliphatic rings. The minimum Gasteiger partial charge on any atom is -0.343 e. The fourth-order valence-electron chi connectivity index (χ4n) is 3.80. The smallest absolute Gasteiger partial charge is 0.269 e. The molecular formula is C17H23N3O3. The Morgan fingerprint density at radius 3 is 2.70 bits per heavy atom. The van der Waals surface area contributed by atoms with Gasteiger partial charge in [-0.05, 0) is 37.7 Å². The normalized spacial score (nSPS) is 26.0. The summed E-state index contributed by atoms with van der Waals surface area (Å²) in [7, 11) is 1.89. The second-order valence-corrected chi connectivity index (χ2v) is 6.69. The van der Waals surface area contributed by atoms with Crippen molar-refractivity contribution < 1.29 is 9.72 Å². The Balaban J connectivity index is 1.54. The number of carbonyl (C=O) groups excluding carboxylic acids is 1. The fourth-order valence-corrected chi connectivity index (χ4v) is 3.80. The molecule has 1 amide bonds. The average molecular weight is 317 g/mol. The van der Waals surface area contributed by atoms with Gasteiger partial charge in [-0.2, -0.15) is 0 Å². The third kappa shape index (κ3) is 3.69. The maximum atomic E-state index is 12.4. The lowest BCUT2D eigenvalue weighted by molar-refractivity contribution is -0.384. The van der Waals surface area contributed by atoms with Gasteiger partial charge in [-0.1, -0.05) is 12.1 Å². The molecule has 0 aromatic heterocycles. The number of nitro benzene ring substituents is 1. The number of aryl methyl sites for hydroxylation is 1. The molecule has 0 radical (unpaired) electrons. The van der Waals surface area contributed by atoms with Crippen LogP contribution in [0.4, 0.5) is 5.69 Å². The van der Waals surface area contributed by atoms with Gasteiger partial charge in [0.25, 0.3) is 5.69 Å². The van der Waals surface area contributed by atoms with Gasteiger partial charge in [0.2, 0.25) is 5.91 Å². The zero-order valence-corrected chi connectivity index (χ0v) is 13.4. The molecule has 124 valence electrons. The molecule has 0 saturated carbocycles. The van der Waals surface area contributed by atoms with E-state index >= 15 is 0 Å². The van der Waals surface area contributed by atoms with E-state index in [0.29, 0.717) is 31.0 Å². The first-order valence-electron chi connectivity index (χ1n) is 8.28. The standard InChI is InChI=1S/C17H23N3O3/c1-19(16-10-13-6-7-14(11-16)18-13)17(21)8-5-12-3-2-4-15(9-12)20(22)23/h2-4,9,13-14,16,18H,5-8,10-11H2,1H3. The van der Waals surface area contributed by atoms with Crippen LogP contribution >= 0.6 is 0 Å². The van der Waals surface area contributed by atoms with Gasteiger partial charge in [-0.25, -0.2) is 0 Å². The quantitative estimate of drug-likeness (QED) is 0.668. The molecule has 0 aliphatic carbocycles. The van der Waals surface area contributed by atoms with Crippen LogP contribution in [0.1, 0.15) is 37.7 Å². The number of rotatable bonds is 5. The summed E-state index contributed by atoms with van der Waals surface area (Å²) in [5.41, 5.74) is 0.921. The van der Waals surface area contributed by atoms with E-state index in [1.807, 2.05) is 18.0 Å². The van der Waals surface area contributed by atoms with Crippen LogP contribution in [-0.4, -0.2) is 40.9 Å². The number of piperidine rings is 1. The van der Waals surface area contributed by atoms with Gasteiger partial charge in [0.15, 0.2) is 0 Å². The number of nitrogens with one attached hydrogen (secondary N) is 1. The summed E-state index contributed by atoms with van der Waals surface area (Å²) in [6, 6.07) is 7.99. The maximum Gasteiger partial charge on any atom is 0.269 e. The predicted molar refractivity (Wildman–Crippen MR) is 87.2 cm³/mol. The van der Waals surface area contributed by atoms with Crippen molar-refractivity contribution in [3.8, 4) is 0 Å². The van der Waals surface area contributed by atoms with Crippen LogP contribution < -0.4 is 5.32 Å². The minimum absolute atomic E-state index is 0.0817. The van der Waals surface area contributed by atoms with E-state index in [1.54, 1.807) is 12.1 Å². The van der Waals surface area contributed by atoms with Crippen molar-refractivity contribution in [3.05, 3.63) is 39.9 Å². The molecule has 2 heterocycles. The van der Waals surface area contributed by atoms with Crippen LogP contribution in [0.3, 0.4) is 0 Å². The van der Waals surface area contributed by atoms with Crippen molar-refractivity contribution in [2.24, 2.45) is 0 Å². The molecule has 1 N–H and O–H groups in total. The summed E-state index contributed by atoms with van der Waals surface area (Å²) in [5, 5.41) is 14.4. The van der Waals surface area contributed by atoms with Crippen LogP contribution in [0.2, 0.25) is 0 Å². The summed E-state index contributed by atoms with van der Waals surface area (Å²) < 4.78 is 0. The number of hydrogen-bond donors (Lipinski definition) is 1. The van der Waals surface area contributed by atoms with Crippen LogP contribution in [0.5, 0.6) is 0 Å². The zero-order chi connectivity index (χ0) is 16.4. The van der Waals surface area contributed by atoms with E-state index in [1.165, 1.54) is 18.9 Å². The van der Waals surface area contributed by atoms with E-state index in [-0.39, 0.29) is 11.6 Å². The van der Waals surface area contributed by atoms with Crippen LogP contribution in [0, 0.1) is 10.1 Å². The van der Waals surface area contributed by atoms with E-state index in [0.717, 1.165) is 18.4 Å². The Morgan fingerprint density at radius 2 is 2.04 bits per heavy atom. The largest absolute Gasteiger partial charge is 0.343 e. The van der Waals surface area contributed by atoms with Gasteiger partial charge in [0, 0.05) is 43.7 Å². The number of hydrogen-bond acceptors (Lipinski definition) is 4. The Labute approximate surface area is 136 Å². The first kappa shape index (κ1) is 15.9. The predicted octanol–water partition coefficient (Wildman–Crippen LogP) is 2.27. The van der Waals surface area contributed by atoms with E-state index in [9.17, 15) is 14.9 Å². The number of non-ortho nitro benzene ring substituents is 1. The number of nitro groups is 1. The molecule has 1 aromatic rings. The van der Waals surface area contributed by atoms with E-state index < -0.39 is 4.92 Å². The third-order valence-corrected chi connectivity index (χ3v) is 5.14. The number of amides is 1. The van der Waals surface area contributed by atoms with Crippen LogP contribution in [0.15, 0.2) is 24.3 Å². The van der Waals surface area contributed by atoms with Gasteiger partial charge in [-0.3, -0.25) is 14.9 Å². The van der Waals surface area contributed by atoms with Crippen molar-refractivity contribution in [1.29, 1.82) is 0 Å². The molecule has 2 saturated heterocycles. The van der Waals surface area contributed by atoms with Gasteiger partial charge >= 0.3 is 0 Å². The monoisotopic (exact) mass is 317 g/mol. The van der Waals surface area contributed by atoms with Crippen molar-refractivity contribution in [2.45, 2.75) is 56.7 Å². The maximum absolute atomic E-state index is 12.4. The van der Waals surface area contributed by atoms with E-state index in [4.69, 9.17) is 0 Å². The highest BCUT2D eigenvalue weighted by molar-refractivity contribution is 5.76. The molecular weight excluding hydrogens is 294 g/mol. The molecule has 1 aromatic carbocycles. The lowest BCUT2D eigenvalue weighted by Crippen LogP contribution is -2.48. The molecule has 3 rings (SSSR count). The van der Waals surface area contributed by atoms with Gasteiger partial charge in [-0.15, -0.1) is 0 Å². The molecule has 2 bridgehead atoms. The van der Waals surface area contributed by atoms with Gasteiger partial charge < -0.3 is 10.2 Å². The van der Waals surface area contributed by atoms with Gasteiger partial charge in [0.05, 0.1) is 4.92 Å². The highest BCUT2D eigenvalue weighted by Gasteiger charge is 2.36. The van der Waals surface area contributed by atoms with Crippen molar-refractivity contribution in [2.75, 3.05) is 7.05 Å². The lowest BCUT2D eigenvalue weighted by atomic mass is 9.98. The molecule has 2 unspecified atom stereocenters. The summed E-state index contributed by atoms with van der Waals surface area (Å²) in [6.07, 6.45) is 5.46. The Morgan fingerprint density at radius 1 is 1.35 bits per heavy atom. The Hall–Kier alpha value is -1.95. The molecule has 0 spiro atoms. The first-order valence-corrected chi connectivity index (χ1v) is 8.28.